The van der Waals surface area contributed by atoms with E-state index < -0.39 is 11.7 Å². The first-order chi connectivity index (χ1) is 12.0. The predicted octanol–water partition coefficient (Wildman–Crippen LogP) is 2.79. The minimum absolute atomic E-state index is 0.298. The molecule has 2 aromatic heterocycles. The van der Waals surface area contributed by atoms with Crippen LogP contribution in [0.4, 0.5) is 5.69 Å². The standard InChI is InChI=1S/C18H19N3O4/c1-4-12-7-17(22)25-16-8-13(5-6-14(12)16)24-11(3)18(23)20-15-9-19-21-10(15)2/h5-9,11H,4H2,1-3H3,(H,19,21)(H,20,23). The van der Waals surface area contributed by atoms with E-state index in [4.69, 9.17) is 9.15 Å². The molecular weight excluding hydrogens is 322 g/mol. The summed E-state index contributed by atoms with van der Waals surface area (Å²) in [7, 11) is 0. The minimum atomic E-state index is -0.729. The number of anilines is 1. The van der Waals surface area contributed by atoms with Crippen LogP contribution < -0.4 is 15.7 Å². The number of nitrogens with zero attached hydrogens (tertiary/aromatic N) is 1. The van der Waals surface area contributed by atoms with E-state index in [2.05, 4.69) is 15.5 Å². The van der Waals surface area contributed by atoms with Gasteiger partial charge in [0.2, 0.25) is 0 Å². The van der Waals surface area contributed by atoms with Crippen LogP contribution in [0.15, 0.2) is 39.7 Å². The van der Waals surface area contributed by atoms with Crippen LogP contribution in [0.2, 0.25) is 0 Å². The highest BCUT2D eigenvalue weighted by atomic mass is 16.5. The molecule has 2 N–H and O–H groups in total. The zero-order chi connectivity index (χ0) is 18.0. The van der Waals surface area contributed by atoms with Crippen molar-refractivity contribution in [1.29, 1.82) is 0 Å². The molecule has 1 unspecified atom stereocenters. The van der Waals surface area contributed by atoms with Crippen LogP contribution >= 0.6 is 0 Å². The second kappa shape index (κ2) is 6.80. The monoisotopic (exact) mass is 341 g/mol. The first-order valence-corrected chi connectivity index (χ1v) is 8.02. The van der Waals surface area contributed by atoms with Crippen molar-refractivity contribution < 1.29 is 13.9 Å². The molecule has 3 rings (SSSR count). The molecule has 25 heavy (non-hydrogen) atoms. The molecule has 0 aliphatic rings. The molecular formula is C18H19N3O4. The molecule has 2 heterocycles. The molecule has 1 aromatic carbocycles. The van der Waals surface area contributed by atoms with Gasteiger partial charge in [0.1, 0.15) is 11.3 Å². The van der Waals surface area contributed by atoms with Crippen LogP contribution in [0.3, 0.4) is 0 Å². The summed E-state index contributed by atoms with van der Waals surface area (Å²) in [5.41, 5.74) is 2.33. The van der Waals surface area contributed by atoms with E-state index in [1.165, 1.54) is 12.3 Å². The van der Waals surface area contributed by atoms with E-state index in [0.717, 1.165) is 23.1 Å². The fourth-order valence-corrected chi connectivity index (χ4v) is 2.54. The smallest absolute Gasteiger partial charge is 0.336 e. The lowest BCUT2D eigenvalue weighted by molar-refractivity contribution is -0.122. The Balaban J connectivity index is 1.79. The maximum absolute atomic E-state index is 12.2. The van der Waals surface area contributed by atoms with Crippen LogP contribution in [0.1, 0.15) is 25.1 Å². The average molecular weight is 341 g/mol. The van der Waals surface area contributed by atoms with Gasteiger partial charge in [-0.1, -0.05) is 6.92 Å². The Morgan fingerprint density at radius 1 is 1.40 bits per heavy atom. The van der Waals surface area contributed by atoms with E-state index in [-0.39, 0.29) is 5.91 Å². The van der Waals surface area contributed by atoms with Crippen molar-refractivity contribution in [2.45, 2.75) is 33.3 Å². The fourth-order valence-electron chi connectivity index (χ4n) is 2.54. The maximum atomic E-state index is 12.2. The topological polar surface area (TPSA) is 97.2 Å². The minimum Gasteiger partial charge on any atom is -0.481 e. The molecule has 0 aliphatic carbocycles. The summed E-state index contributed by atoms with van der Waals surface area (Å²) in [6.45, 7) is 5.43. The van der Waals surface area contributed by atoms with Gasteiger partial charge >= 0.3 is 5.63 Å². The lowest BCUT2D eigenvalue weighted by atomic mass is 10.1. The molecule has 7 heteroatoms. The molecule has 7 nitrogen and oxygen atoms in total. The van der Waals surface area contributed by atoms with E-state index in [0.29, 0.717) is 17.0 Å². The Kier molecular flexibility index (Phi) is 4.56. The van der Waals surface area contributed by atoms with Crippen molar-refractivity contribution >= 4 is 22.6 Å². The largest absolute Gasteiger partial charge is 0.481 e. The maximum Gasteiger partial charge on any atom is 0.336 e. The van der Waals surface area contributed by atoms with Gasteiger partial charge in [0, 0.05) is 17.5 Å². The number of amides is 1. The lowest BCUT2D eigenvalue weighted by Gasteiger charge is -2.15. The zero-order valence-corrected chi connectivity index (χ0v) is 14.3. The third-order valence-electron chi connectivity index (χ3n) is 3.95. The highest BCUT2D eigenvalue weighted by Gasteiger charge is 2.17. The first-order valence-electron chi connectivity index (χ1n) is 8.02. The lowest BCUT2D eigenvalue weighted by Crippen LogP contribution is -2.30. The van der Waals surface area contributed by atoms with Gasteiger partial charge in [0.05, 0.1) is 17.6 Å². The Hall–Kier alpha value is -3.09. The number of rotatable bonds is 5. The summed E-state index contributed by atoms with van der Waals surface area (Å²) in [6.07, 6.45) is 1.54. The van der Waals surface area contributed by atoms with Gasteiger partial charge in [-0.05, 0) is 38.0 Å². The van der Waals surface area contributed by atoms with E-state index in [1.807, 2.05) is 19.9 Å². The number of carbonyl (C=O) groups excluding carboxylic acids is 1. The Labute approximate surface area is 144 Å². The number of hydrogen-bond donors (Lipinski definition) is 2. The van der Waals surface area contributed by atoms with E-state index in [1.54, 1.807) is 19.1 Å². The summed E-state index contributed by atoms with van der Waals surface area (Å²) < 4.78 is 10.9. The molecule has 0 bridgehead atoms. The number of benzene rings is 1. The molecule has 130 valence electrons. The summed E-state index contributed by atoms with van der Waals surface area (Å²) in [4.78, 5) is 23.9. The number of aromatic nitrogens is 2. The Morgan fingerprint density at radius 2 is 2.20 bits per heavy atom. The Morgan fingerprint density at radius 3 is 2.88 bits per heavy atom. The van der Waals surface area contributed by atoms with Gasteiger partial charge in [-0.15, -0.1) is 0 Å². The highest BCUT2D eigenvalue weighted by molar-refractivity contribution is 5.94. The van der Waals surface area contributed by atoms with Gasteiger partial charge in [0.25, 0.3) is 5.91 Å². The number of aryl methyl sites for hydroxylation is 2. The van der Waals surface area contributed by atoms with Gasteiger partial charge in [0.15, 0.2) is 6.10 Å². The average Bonchev–Trinajstić information content (AvgIpc) is 2.98. The van der Waals surface area contributed by atoms with E-state index in [9.17, 15) is 9.59 Å². The van der Waals surface area contributed by atoms with Crippen molar-refractivity contribution in [1.82, 2.24) is 10.2 Å². The van der Waals surface area contributed by atoms with Crippen LogP contribution in [0, 0.1) is 6.92 Å². The number of aromatic amines is 1. The molecule has 3 aromatic rings. The highest BCUT2D eigenvalue weighted by Crippen LogP contribution is 2.24. The predicted molar refractivity (Wildman–Crippen MR) is 93.9 cm³/mol. The van der Waals surface area contributed by atoms with Crippen molar-refractivity contribution in [3.8, 4) is 5.75 Å². The molecule has 0 radical (unpaired) electrons. The summed E-state index contributed by atoms with van der Waals surface area (Å²) in [5.74, 6) is 0.156. The molecule has 0 saturated heterocycles. The Bertz CT molecular complexity index is 974. The van der Waals surface area contributed by atoms with Crippen LogP contribution in [-0.4, -0.2) is 22.2 Å². The number of carbonyl (C=O) groups is 1. The molecule has 0 fully saturated rings. The second-order valence-corrected chi connectivity index (χ2v) is 5.76. The van der Waals surface area contributed by atoms with Gasteiger partial charge in [-0.25, -0.2) is 4.79 Å². The fraction of sp³-hybridized carbons (Fsp3) is 0.278. The molecule has 0 spiro atoms. The third-order valence-corrected chi connectivity index (χ3v) is 3.95. The number of hydrogen-bond acceptors (Lipinski definition) is 5. The second-order valence-electron chi connectivity index (χ2n) is 5.76. The van der Waals surface area contributed by atoms with Gasteiger partial charge in [-0.3, -0.25) is 9.89 Å². The third kappa shape index (κ3) is 3.55. The van der Waals surface area contributed by atoms with Crippen LogP contribution in [0.5, 0.6) is 5.75 Å². The van der Waals surface area contributed by atoms with Gasteiger partial charge in [-0.2, -0.15) is 5.10 Å². The molecule has 1 amide bonds. The zero-order valence-electron chi connectivity index (χ0n) is 14.3. The summed E-state index contributed by atoms with van der Waals surface area (Å²) in [6, 6.07) is 6.71. The van der Waals surface area contributed by atoms with Crippen molar-refractivity contribution in [3.63, 3.8) is 0 Å². The summed E-state index contributed by atoms with van der Waals surface area (Å²) in [5, 5.41) is 10.2. The van der Waals surface area contributed by atoms with Crippen LogP contribution in [-0.2, 0) is 11.2 Å². The summed E-state index contributed by atoms with van der Waals surface area (Å²) >= 11 is 0. The van der Waals surface area contributed by atoms with Crippen molar-refractivity contribution in [3.05, 3.63) is 52.1 Å². The van der Waals surface area contributed by atoms with Gasteiger partial charge < -0.3 is 14.5 Å². The quantitative estimate of drug-likeness (QED) is 0.696. The number of fused-ring (bicyclic) bond motifs is 1. The normalized spacial score (nSPS) is 12.1. The number of nitrogens with one attached hydrogen (secondary N) is 2. The van der Waals surface area contributed by atoms with Crippen molar-refractivity contribution in [2.75, 3.05) is 5.32 Å². The van der Waals surface area contributed by atoms with E-state index >= 15 is 0 Å². The number of ether oxygens (including phenoxy) is 1. The first kappa shape index (κ1) is 16.8. The van der Waals surface area contributed by atoms with Crippen molar-refractivity contribution in [2.24, 2.45) is 0 Å². The molecule has 1 atom stereocenters. The molecule has 0 saturated carbocycles. The van der Waals surface area contributed by atoms with Crippen LogP contribution in [0.25, 0.3) is 11.0 Å². The number of H-pyrrole nitrogens is 1. The SMILES string of the molecule is CCc1cc(=O)oc2cc(OC(C)C(=O)Nc3cn[nH]c3C)ccc12. The molecule has 0 aliphatic heterocycles.